The van der Waals surface area contributed by atoms with Crippen LogP contribution in [0.25, 0.3) is 5.69 Å². The number of rotatable bonds is 3. The van der Waals surface area contributed by atoms with Crippen LogP contribution in [0.1, 0.15) is 24.2 Å². The van der Waals surface area contributed by atoms with E-state index in [0.29, 0.717) is 11.3 Å². The van der Waals surface area contributed by atoms with Crippen LogP contribution in [-0.4, -0.2) is 28.6 Å². The van der Waals surface area contributed by atoms with E-state index in [1.165, 1.54) is 6.07 Å². The minimum absolute atomic E-state index is 0.0420. The number of aromatic nitrogens is 1. The summed E-state index contributed by atoms with van der Waals surface area (Å²) in [7, 11) is 0. The number of halogens is 1. The molecule has 0 spiro atoms. The van der Waals surface area contributed by atoms with Crippen molar-refractivity contribution in [2.75, 3.05) is 0 Å². The molecule has 1 saturated heterocycles. The number of carbonyl (C=O) groups is 1. The van der Waals surface area contributed by atoms with Gasteiger partial charge in [0.05, 0.1) is 11.7 Å². The lowest BCUT2D eigenvalue weighted by molar-refractivity contribution is 0.0931. The summed E-state index contributed by atoms with van der Waals surface area (Å²) in [6.45, 7) is 3.97. The van der Waals surface area contributed by atoms with E-state index in [1.807, 2.05) is 26.0 Å². The van der Waals surface area contributed by atoms with Crippen molar-refractivity contribution in [2.45, 2.75) is 32.0 Å². The Bertz CT molecular complexity index is 661. The smallest absolute Gasteiger partial charge is 0.251 e. The molecule has 116 valence electrons. The molecular formula is C16H19FN4O. The molecule has 1 aliphatic heterocycles. The number of nitrogens with zero attached hydrogens (tertiary/aromatic N) is 1. The minimum Gasteiger partial charge on any atom is -0.346 e. The lowest BCUT2D eigenvalue weighted by Gasteiger charge is -2.19. The first-order valence-electron chi connectivity index (χ1n) is 7.31. The van der Waals surface area contributed by atoms with Crippen LogP contribution < -0.4 is 16.2 Å². The van der Waals surface area contributed by atoms with Crippen LogP contribution in [0.5, 0.6) is 0 Å². The molecule has 2 atom stereocenters. The van der Waals surface area contributed by atoms with Gasteiger partial charge < -0.3 is 9.88 Å². The molecule has 3 rings (SSSR count). The number of nitrogens with one attached hydrogen (secondary N) is 3. The molecule has 1 aromatic carbocycles. The highest BCUT2D eigenvalue weighted by Crippen LogP contribution is 2.16. The molecule has 0 aliphatic carbocycles. The van der Waals surface area contributed by atoms with Gasteiger partial charge in [0, 0.05) is 30.0 Å². The summed E-state index contributed by atoms with van der Waals surface area (Å²) in [6.07, 6.45) is 3.52. The highest BCUT2D eigenvalue weighted by atomic mass is 19.1. The molecule has 1 aromatic heterocycles. The fourth-order valence-electron chi connectivity index (χ4n) is 2.71. The van der Waals surface area contributed by atoms with E-state index in [0.717, 1.165) is 0 Å². The maximum Gasteiger partial charge on any atom is 0.251 e. The average molecular weight is 302 g/mol. The third kappa shape index (κ3) is 2.75. The largest absolute Gasteiger partial charge is 0.346 e. The number of amides is 1. The molecule has 2 unspecified atom stereocenters. The lowest BCUT2D eigenvalue weighted by atomic mass is 10.1. The Labute approximate surface area is 128 Å². The normalized spacial score (nSPS) is 24.4. The van der Waals surface area contributed by atoms with Gasteiger partial charge in [-0.05, 0) is 44.2 Å². The molecular weight excluding hydrogens is 283 g/mol. The van der Waals surface area contributed by atoms with Gasteiger partial charge in [-0.25, -0.2) is 4.39 Å². The summed E-state index contributed by atoms with van der Waals surface area (Å²) >= 11 is 0. The summed E-state index contributed by atoms with van der Waals surface area (Å²) < 4.78 is 15.9. The van der Waals surface area contributed by atoms with Gasteiger partial charge in [-0.2, -0.15) is 0 Å². The summed E-state index contributed by atoms with van der Waals surface area (Å²) in [5.41, 5.74) is 6.89. The van der Waals surface area contributed by atoms with Crippen LogP contribution in [0, 0.1) is 5.82 Å². The van der Waals surface area contributed by atoms with E-state index < -0.39 is 5.82 Å². The zero-order valence-corrected chi connectivity index (χ0v) is 12.5. The van der Waals surface area contributed by atoms with Crippen molar-refractivity contribution in [3.8, 4) is 5.69 Å². The van der Waals surface area contributed by atoms with Crippen molar-refractivity contribution >= 4 is 5.91 Å². The Kier molecular flexibility index (Phi) is 3.96. The van der Waals surface area contributed by atoms with E-state index in [9.17, 15) is 9.18 Å². The zero-order chi connectivity index (χ0) is 15.7. The van der Waals surface area contributed by atoms with Crippen LogP contribution in [0.3, 0.4) is 0 Å². The second-order valence-electron chi connectivity index (χ2n) is 5.62. The number of carbonyl (C=O) groups excluding carboxylic acids is 1. The van der Waals surface area contributed by atoms with E-state index in [1.54, 1.807) is 29.1 Å². The van der Waals surface area contributed by atoms with Crippen LogP contribution in [0.15, 0.2) is 42.7 Å². The third-order valence-electron chi connectivity index (χ3n) is 4.01. The van der Waals surface area contributed by atoms with Crippen molar-refractivity contribution in [1.29, 1.82) is 0 Å². The van der Waals surface area contributed by atoms with Crippen LogP contribution in [-0.2, 0) is 0 Å². The number of hydrogen-bond donors (Lipinski definition) is 3. The lowest BCUT2D eigenvalue weighted by Crippen LogP contribution is -2.46. The third-order valence-corrected chi connectivity index (χ3v) is 4.01. The highest BCUT2D eigenvalue weighted by Gasteiger charge is 2.31. The number of hydrogen-bond acceptors (Lipinski definition) is 3. The zero-order valence-electron chi connectivity index (χ0n) is 12.5. The summed E-state index contributed by atoms with van der Waals surface area (Å²) in [6, 6.07) is 8.36. The first kappa shape index (κ1) is 14.7. The Balaban J connectivity index is 1.77. The van der Waals surface area contributed by atoms with E-state index in [4.69, 9.17) is 0 Å². The molecule has 1 amide bonds. The standard InChI is InChI=1S/C16H19FN4O/c1-10-15(11(2)20-19-10)18-16(22)12-5-6-14(13(17)9-12)21-7-3-4-8-21/h3-11,15,19-20H,1-2H3,(H,18,22). The molecule has 0 saturated carbocycles. The number of hydrazine groups is 1. The van der Waals surface area contributed by atoms with Gasteiger partial charge in [-0.1, -0.05) is 0 Å². The predicted octanol–water partition coefficient (Wildman–Crippen LogP) is 1.60. The van der Waals surface area contributed by atoms with Crippen LogP contribution >= 0.6 is 0 Å². The fourth-order valence-corrected chi connectivity index (χ4v) is 2.71. The van der Waals surface area contributed by atoms with E-state index >= 15 is 0 Å². The summed E-state index contributed by atoms with van der Waals surface area (Å²) in [5, 5.41) is 2.94. The van der Waals surface area contributed by atoms with Crippen molar-refractivity contribution in [1.82, 2.24) is 20.7 Å². The van der Waals surface area contributed by atoms with E-state index in [-0.39, 0.29) is 24.0 Å². The molecule has 0 radical (unpaired) electrons. The Morgan fingerprint density at radius 3 is 2.41 bits per heavy atom. The van der Waals surface area contributed by atoms with Gasteiger partial charge >= 0.3 is 0 Å². The van der Waals surface area contributed by atoms with Crippen molar-refractivity contribution < 1.29 is 9.18 Å². The Morgan fingerprint density at radius 2 is 1.82 bits per heavy atom. The van der Waals surface area contributed by atoms with E-state index in [2.05, 4.69) is 16.2 Å². The molecule has 2 heterocycles. The molecule has 2 aromatic rings. The first-order chi connectivity index (χ1) is 10.6. The second kappa shape index (κ2) is 5.90. The van der Waals surface area contributed by atoms with Crippen molar-refractivity contribution in [3.63, 3.8) is 0 Å². The van der Waals surface area contributed by atoms with Crippen molar-refractivity contribution in [3.05, 3.63) is 54.1 Å². The van der Waals surface area contributed by atoms with Crippen molar-refractivity contribution in [2.24, 2.45) is 0 Å². The van der Waals surface area contributed by atoms with Crippen LogP contribution in [0.2, 0.25) is 0 Å². The molecule has 3 N–H and O–H groups in total. The maximum absolute atomic E-state index is 14.2. The van der Waals surface area contributed by atoms with Gasteiger partial charge in [0.2, 0.25) is 0 Å². The predicted molar refractivity (Wildman–Crippen MR) is 82.2 cm³/mol. The number of benzene rings is 1. The molecule has 22 heavy (non-hydrogen) atoms. The quantitative estimate of drug-likeness (QED) is 0.807. The Morgan fingerprint density at radius 1 is 1.18 bits per heavy atom. The topological polar surface area (TPSA) is 58.1 Å². The SMILES string of the molecule is CC1NNC(C)C1NC(=O)c1ccc(-n2cccc2)c(F)c1. The second-order valence-corrected chi connectivity index (χ2v) is 5.62. The Hall–Kier alpha value is -2.18. The summed E-state index contributed by atoms with van der Waals surface area (Å²) in [4.78, 5) is 12.3. The van der Waals surface area contributed by atoms with Gasteiger partial charge in [0.15, 0.2) is 0 Å². The highest BCUT2D eigenvalue weighted by molar-refractivity contribution is 5.94. The molecule has 1 aliphatic rings. The fraction of sp³-hybridized carbons (Fsp3) is 0.312. The molecule has 0 bridgehead atoms. The van der Waals surface area contributed by atoms with Gasteiger partial charge in [-0.15, -0.1) is 0 Å². The average Bonchev–Trinajstić information content (AvgIpc) is 3.12. The van der Waals surface area contributed by atoms with Gasteiger partial charge in [0.1, 0.15) is 5.82 Å². The van der Waals surface area contributed by atoms with Gasteiger partial charge in [-0.3, -0.25) is 15.6 Å². The maximum atomic E-state index is 14.2. The summed E-state index contributed by atoms with van der Waals surface area (Å²) in [5.74, 6) is -0.695. The first-order valence-corrected chi connectivity index (χ1v) is 7.31. The molecule has 5 nitrogen and oxygen atoms in total. The monoisotopic (exact) mass is 302 g/mol. The van der Waals surface area contributed by atoms with Crippen LogP contribution in [0.4, 0.5) is 4.39 Å². The molecule has 6 heteroatoms. The molecule has 1 fully saturated rings. The minimum atomic E-state index is -0.424. The van der Waals surface area contributed by atoms with Gasteiger partial charge in [0.25, 0.3) is 5.91 Å².